The summed E-state index contributed by atoms with van der Waals surface area (Å²) in [4.78, 5) is 12.3. The number of esters is 1. The van der Waals surface area contributed by atoms with Crippen LogP contribution in [0.2, 0.25) is 0 Å². The van der Waals surface area contributed by atoms with Gasteiger partial charge < -0.3 is 15.2 Å². The Morgan fingerprint density at radius 2 is 1.57 bits per heavy atom. The number of hydrogen-bond acceptors (Lipinski definition) is 4. The summed E-state index contributed by atoms with van der Waals surface area (Å²) in [5.41, 5.74) is -5.44. The highest BCUT2D eigenvalue weighted by molar-refractivity contribution is 5.77. The van der Waals surface area contributed by atoms with Crippen LogP contribution in [0.3, 0.4) is 0 Å². The first kappa shape index (κ1) is 21.7. The molecule has 2 saturated carbocycles. The van der Waals surface area contributed by atoms with Crippen LogP contribution in [0.4, 0.5) is 26.3 Å². The van der Waals surface area contributed by atoms with Gasteiger partial charge in [-0.25, -0.2) is 0 Å². The molecule has 5 atom stereocenters. The van der Waals surface area contributed by atoms with Gasteiger partial charge in [0.1, 0.15) is 0 Å². The number of carbonyl (C=O) groups excluding carboxylic acids is 1. The molecule has 0 aromatic carbocycles. The minimum Gasteiger partial charge on any atom is -0.465 e. The van der Waals surface area contributed by atoms with E-state index in [2.05, 4.69) is 5.32 Å². The number of carbonyl (C=O) groups is 1. The Balaban J connectivity index is 1.64. The van der Waals surface area contributed by atoms with Crippen molar-refractivity contribution in [3.05, 3.63) is 0 Å². The molecular weight excluding hydrogens is 392 g/mol. The largest absolute Gasteiger partial charge is 0.465 e. The molecule has 5 unspecified atom stereocenters. The Hall–Kier alpha value is -1.03. The first-order valence-corrected chi connectivity index (χ1v) is 9.43. The maximum atomic E-state index is 13.0. The van der Waals surface area contributed by atoms with Crippen molar-refractivity contribution in [3.8, 4) is 0 Å². The zero-order chi connectivity index (χ0) is 21.1. The normalized spacial score (nSPS) is 33.2. The molecule has 2 aliphatic carbocycles. The molecule has 162 valence electrons. The number of fused-ring (bicyclic) bond motifs is 2. The van der Waals surface area contributed by atoms with E-state index in [0.717, 1.165) is 0 Å². The first-order chi connectivity index (χ1) is 12.7. The highest BCUT2D eigenvalue weighted by atomic mass is 19.4. The lowest BCUT2D eigenvalue weighted by molar-refractivity contribution is -0.373. The van der Waals surface area contributed by atoms with E-state index in [4.69, 9.17) is 4.74 Å². The van der Waals surface area contributed by atoms with Gasteiger partial charge in [-0.3, -0.25) is 4.79 Å². The summed E-state index contributed by atoms with van der Waals surface area (Å²) in [7, 11) is 0. The van der Waals surface area contributed by atoms with Crippen molar-refractivity contribution < 1.29 is 41.0 Å². The van der Waals surface area contributed by atoms with Crippen LogP contribution in [0.15, 0.2) is 0 Å². The monoisotopic (exact) mass is 417 g/mol. The lowest BCUT2D eigenvalue weighted by Gasteiger charge is -2.38. The molecule has 3 fully saturated rings. The predicted octanol–water partition coefficient (Wildman–Crippen LogP) is 3.44. The van der Waals surface area contributed by atoms with Crippen LogP contribution in [0, 0.1) is 29.1 Å². The van der Waals surface area contributed by atoms with Crippen molar-refractivity contribution in [1.29, 1.82) is 0 Å². The standard InChI is InChI=1S/C18H25F6NO3/c1-15(2,13-7-25-13)14(26)28-8-11-4-9-3-10(12(11)5-9)6-16(27,17(19,20)21)18(22,23)24/h9-13,25,27H,3-8H2,1-2H3. The quantitative estimate of drug-likeness (QED) is 0.395. The molecule has 28 heavy (non-hydrogen) atoms. The molecule has 0 amide bonds. The molecule has 0 aromatic heterocycles. The van der Waals surface area contributed by atoms with Crippen LogP contribution in [0.1, 0.15) is 39.5 Å². The van der Waals surface area contributed by atoms with E-state index in [9.17, 15) is 36.2 Å². The molecule has 10 heteroatoms. The topological polar surface area (TPSA) is 68.5 Å². The second kappa shape index (κ2) is 6.75. The average Bonchev–Trinajstić information content (AvgIpc) is 3.24. The zero-order valence-electron chi connectivity index (χ0n) is 15.7. The molecule has 0 aromatic rings. The summed E-state index contributed by atoms with van der Waals surface area (Å²) >= 11 is 0. The average molecular weight is 417 g/mol. The molecule has 3 aliphatic rings. The number of nitrogens with one attached hydrogen (secondary N) is 1. The summed E-state index contributed by atoms with van der Waals surface area (Å²) in [6, 6.07) is 0.0151. The van der Waals surface area contributed by atoms with Crippen LogP contribution >= 0.6 is 0 Å². The van der Waals surface area contributed by atoms with Gasteiger partial charge in [-0.1, -0.05) is 0 Å². The maximum Gasteiger partial charge on any atom is 0.426 e. The van der Waals surface area contributed by atoms with Gasteiger partial charge in [-0.05, 0) is 63.2 Å². The van der Waals surface area contributed by atoms with Gasteiger partial charge in [0.2, 0.25) is 0 Å². The van der Waals surface area contributed by atoms with Crippen LogP contribution in [0.25, 0.3) is 0 Å². The number of hydrogen-bond donors (Lipinski definition) is 2. The van der Waals surface area contributed by atoms with Gasteiger partial charge in [-0.15, -0.1) is 0 Å². The van der Waals surface area contributed by atoms with Crippen LogP contribution in [-0.2, 0) is 9.53 Å². The van der Waals surface area contributed by atoms with Crippen molar-refractivity contribution in [3.63, 3.8) is 0 Å². The molecule has 4 nitrogen and oxygen atoms in total. The number of aliphatic hydroxyl groups is 1. The van der Waals surface area contributed by atoms with Gasteiger partial charge in [-0.2, -0.15) is 26.3 Å². The van der Waals surface area contributed by atoms with E-state index in [0.29, 0.717) is 19.4 Å². The minimum absolute atomic E-state index is 0.00234. The number of alkyl halides is 6. The Labute approximate surface area is 159 Å². The van der Waals surface area contributed by atoms with E-state index in [1.807, 2.05) is 0 Å². The predicted molar refractivity (Wildman–Crippen MR) is 86.0 cm³/mol. The Morgan fingerprint density at radius 1 is 1.04 bits per heavy atom. The Bertz CT molecular complexity index is 599. The van der Waals surface area contributed by atoms with Crippen LogP contribution < -0.4 is 5.32 Å². The van der Waals surface area contributed by atoms with Crippen molar-refractivity contribution >= 4 is 5.97 Å². The van der Waals surface area contributed by atoms with Crippen LogP contribution in [-0.4, -0.2) is 48.2 Å². The fourth-order valence-electron chi connectivity index (χ4n) is 4.93. The molecule has 0 spiro atoms. The lowest BCUT2D eigenvalue weighted by Crippen LogP contribution is -2.58. The Kier molecular flexibility index (Phi) is 5.23. The third kappa shape index (κ3) is 3.74. The number of halogens is 6. The first-order valence-electron chi connectivity index (χ1n) is 9.43. The number of rotatable bonds is 6. The summed E-state index contributed by atoms with van der Waals surface area (Å²) in [5.74, 6) is -2.03. The molecule has 2 N–H and O–H groups in total. The molecular formula is C18H25F6NO3. The third-order valence-corrected chi connectivity index (χ3v) is 6.82. The van der Waals surface area contributed by atoms with Gasteiger partial charge in [0.15, 0.2) is 0 Å². The minimum atomic E-state index is -5.80. The van der Waals surface area contributed by atoms with Crippen molar-refractivity contribution in [1.82, 2.24) is 5.32 Å². The highest BCUT2D eigenvalue weighted by Gasteiger charge is 2.71. The molecule has 1 saturated heterocycles. The van der Waals surface area contributed by atoms with E-state index in [1.54, 1.807) is 13.8 Å². The fraction of sp³-hybridized carbons (Fsp3) is 0.944. The van der Waals surface area contributed by atoms with Crippen molar-refractivity contribution in [2.75, 3.05) is 13.2 Å². The molecule has 1 heterocycles. The second-order valence-electron chi connectivity index (χ2n) is 9.10. The SMILES string of the molecule is CC(C)(C(=O)OCC1CC2CC(CC(O)(C(F)(F)F)C(F)(F)F)C1C2)C1CN1. The van der Waals surface area contributed by atoms with Crippen molar-refractivity contribution in [2.24, 2.45) is 29.1 Å². The number of ether oxygens (including phenoxy) is 1. The van der Waals surface area contributed by atoms with Crippen LogP contribution in [0.5, 0.6) is 0 Å². The van der Waals surface area contributed by atoms with Gasteiger partial charge in [0.05, 0.1) is 12.0 Å². The molecule has 0 radical (unpaired) electrons. The zero-order valence-corrected chi connectivity index (χ0v) is 15.7. The summed E-state index contributed by atoms with van der Waals surface area (Å²) in [6.45, 7) is 4.15. The molecule has 3 rings (SSSR count). The van der Waals surface area contributed by atoms with E-state index < -0.39 is 47.6 Å². The third-order valence-electron chi connectivity index (χ3n) is 6.82. The maximum absolute atomic E-state index is 13.0. The lowest BCUT2D eigenvalue weighted by atomic mass is 9.75. The highest BCUT2D eigenvalue weighted by Crippen LogP contribution is 2.57. The van der Waals surface area contributed by atoms with E-state index in [1.165, 1.54) is 0 Å². The fourth-order valence-corrected chi connectivity index (χ4v) is 4.93. The van der Waals surface area contributed by atoms with E-state index in [-0.39, 0.29) is 30.9 Å². The van der Waals surface area contributed by atoms with Crippen molar-refractivity contribution in [2.45, 2.75) is 63.5 Å². The van der Waals surface area contributed by atoms with Gasteiger partial charge >= 0.3 is 18.3 Å². The summed E-state index contributed by atoms with van der Waals surface area (Å²) in [6.07, 6.45) is -11.6. The smallest absolute Gasteiger partial charge is 0.426 e. The summed E-state index contributed by atoms with van der Waals surface area (Å²) in [5, 5.41) is 12.5. The molecule has 1 aliphatic heterocycles. The molecule has 2 bridgehead atoms. The Morgan fingerprint density at radius 3 is 2.04 bits per heavy atom. The van der Waals surface area contributed by atoms with Gasteiger partial charge in [0.25, 0.3) is 5.60 Å². The second-order valence-corrected chi connectivity index (χ2v) is 9.10. The van der Waals surface area contributed by atoms with Gasteiger partial charge in [0, 0.05) is 12.6 Å². The summed E-state index contributed by atoms with van der Waals surface area (Å²) < 4.78 is 83.5. The van der Waals surface area contributed by atoms with E-state index >= 15 is 0 Å².